The number of para-hydroxylation sites is 1. The maximum Gasteiger partial charge on any atom is 0.334 e. The van der Waals surface area contributed by atoms with Crippen molar-refractivity contribution in [1.82, 2.24) is 4.90 Å². The smallest absolute Gasteiger partial charge is 0.334 e. The molecule has 1 saturated heterocycles. The van der Waals surface area contributed by atoms with Gasteiger partial charge in [0.15, 0.2) is 6.10 Å². The predicted octanol–water partition coefficient (Wildman–Crippen LogP) is 2.33. The van der Waals surface area contributed by atoms with Gasteiger partial charge in [-0.1, -0.05) is 24.3 Å². The van der Waals surface area contributed by atoms with Crippen LogP contribution < -0.4 is 4.74 Å². The number of ether oxygens (including phenoxy) is 2. The van der Waals surface area contributed by atoms with E-state index in [0.29, 0.717) is 17.9 Å². The maximum atomic E-state index is 13.0. The number of carboxylic acids is 1. The minimum atomic E-state index is -1.09. The Bertz CT molecular complexity index is 793. The minimum absolute atomic E-state index is 0.0134. The second-order valence-corrected chi connectivity index (χ2v) is 5.86. The van der Waals surface area contributed by atoms with Crippen LogP contribution in [0.4, 0.5) is 4.39 Å². The van der Waals surface area contributed by atoms with Gasteiger partial charge in [-0.3, -0.25) is 4.79 Å². The van der Waals surface area contributed by atoms with Crippen molar-refractivity contribution in [3.05, 3.63) is 65.5 Å². The van der Waals surface area contributed by atoms with Gasteiger partial charge in [0.2, 0.25) is 0 Å². The zero-order chi connectivity index (χ0) is 18.5. The van der Waals surface area contributed by atoms with Crippen LogP contribution in [-0.4, -0.2) is 47.7 Å². The van der Waals surface area contributed by atoms with Crippen LogP contribution in [0.3, 0.4) is 0 Å². The number of carboxylic acid groups (broad SMARTS) is 1. The first-order chi connectivity index (χ1) is 12.5. The van der Waals surface area contributed by atoms with Crippen molar-refractivity contribution in [3.63, 3.8) is 0 Å². The number of aliphatic carboxylic acids is 1. The van der Waals surface area contributed by atoms with Gasteiger partial charge in [0.25, 0.3) is 5.91 Å². The number of nitrogens with zero attached hydrogens (tertiary/aromatic N) is 1. The van der Waals surface area contributed by atoms with E-state index < -0.39 is 12.1 Å². The third kappa shape index (κ3) is 4.18. The second kappa shape index (κ2) is 7.97. The summed E-state index contributed by atoms with van der Waals surface area (Å²) >= 11 is 0. The van der Waals surface area contributed by atoms with Gasteiger partial charge in [-0.15, -0.1) is 0 Å². The molecule has 3 rings (SSSR count). The maximum absolute atomic E-state index is 13.0. The van der Waals surface area contributed by atoms with Crippen molar-refractivity contribution in [1.29, 1.82) is 0 Å². The lowest BCUT2D eigenvalue weighted by atomic mass is 10.1. The Balaban J connectivity index is 1.72. The van der Waals surface area contributed by atoms with E-state index in [0.717, 1.165) is 5.56 Å². The monoisotopic (exact) mass is 359 g/mol. The Morgan fingerprint density at radius 2 is 1.92 bits per heavy atom. The molecule has 1 atom stereocenters. The molecule has 2 aromatic carbocycles. The zero-order valence-electron chi connectivity index (χ0n) is 13.9. The second-order valence-electron chi connectivity index (χ2n) is 5.86. The fourth-order valence-electron chi connectivity index (χ4n) is 2.66. The molecule has 1 fully saturated rings. The van der Waals surface area contributed by atoms with Crippen LogP contribution >= 0.6 is 0 Å². The van der Waals surface area contributed by atoms with Gasteiger partial charge in [0, 0.05) is 6.54 Å². The van der Waals surface area contributed by atoms with Crippen LogP contribution in [0.15, 0.2) is 48.5 Å². The fraction of sp³-hybridized carbons (Fsp3) is 0.263. The van der Waals surface area contributed by atoms with E-state index in [1.54, 1.807) is 36.4 Å². The number of hydrogen-bond acceptors (Lipinski definition) is 4. The van der Waals surface area contributed by atoms with E-state index in [4.69, 9.17) is 14.6 Å². The Morgan fingerprint density at radius 1 is 1.19 bits per heavy atom. The molecule has 1 amide bonds. The molecule has 1 aliphatic heterocycles. The van der Waals surface area contributed by atoms with Crippen molar-refractivity contribution in [2.45, 2.75) is 12.7 Å². The highest BCUT2D eigenvalue weighted by atomic mass is 19.1. The average Bonchev–Trinajstić information content (AvgIpc) is 2.67. The molecular weight excluding hydrogens is 341 g/mol. The van der Waals surface area contributed by atoms with Crippen LogP contribution in [0.25, 0.3) is 0 Å². The molecular formula is C19H18FNO5. The number of halogens is 1. The molecule has 6 nitrogen and oxygen atoms in total. The first kappa shape index (κ1) is 17.9. The van der Waals surface area contributed by atoms with Crippen LogP contribution in [-0.2, 0) is 16.1 Å². The van der Waals surface area contributed by atoms with Crippen LogP contribution in [0.2, 0.25) is 0 Å². The van der Waals surface area contributed by atoms with E-state index in [-0.39, 0.29) is 31.5 Å². The van der Waals surface area contributed by atoms with E-state index in [2.05, 4.69) is 0 Å². The summed E-state index contributed by atoms with van der Waals surface area (Å²) in [4.78, 5) is 25.3. The van der Waals surface area contributed by atoms with Gasteiger partial charge in [-0.25, -0.2) is 9.18 Å². The molecule has 0 unspecified atom stereocenters. The summed E-state index contributed by atoms with van der Waals surface area (Å²) in [6.07, 6.45) is -1.03. The van der Waals surface area contributed by atoms with E-state index in [1.165, 1.54) is 17.0 Å². The third-order valence-electron chi connectivity index (χ3n) is 4.05. The number of hydrogen-bond donors (Lipinski definition) is 1. The third-order valence-corrected chi connectivity index (χ3v) is 4.05. The molecule has 1 aliphatic rings. The van der Waals surface area contributed by atoms with Crippen molar-refractivity contribution in [2.75, 3.05) is 19.7 Å². The first-order valence-corrected chi connectivity index (χ1v) is 8.14. The van der Waals surface area contributed by atoms with E-state index in [9.17, 15) is 14.0 Å². The molecule has 26 heavy (non-hydrogen) atoms. The average molecular weight is 359 g/mol. The lowest BCUT2D eigenvalue weighted by Crippen LogP contribution is -2.48. The standard InChI is InChI=1S/C19H18FNO5/c20-14-7-5-13(6-8-14)12-26-16-4-2-1-3-15(16)18(22)21-9-10-25-17(11-21)19(23)24/h1-8,17H,9-12H2,(H,23,24)/t17-/m1/s1. The fourth-order valence-corrected chi connectivity index (χ4v) is 2.66. The van der Waals surface area contributed by atoms with E-state index >= 15 is 0 Å². The summed E-state index contributed by atoms with van der Waals surface area (Å²) in [5, 5.41) is 9.08. The predicted molar refractivity (Wildman–Crippen MR) is 90.5 cm³/mol. The Hall–Kier alpha value is -2.93. The van der Waals surface area contributed by atoms with Gasteiger partial charge < -0.3 is 19.5 Å². The highest BCUT2D eigenvalue weighted by Gasteiger charge is 2.30. The Kier molecular flexibility index (Phi) is 5.48. The number of amides is 1. The van der Waals surface area contributed by atoms with Gasteiger partial charge >= 0.3 is 5.97 Å². The highest BCUT2D eigenvalue weighted by Crippen LogP contribution is 2.22. The molecule has 0 bridgehead atoms. The van der Waals surface area contributed by atoms with Crippen molar-refractivity contribution in [3.8, 4) is 5.75 Å². The summed E-state index contributed by atoms with van der Waals surface area (Å²) in [6, 6.07) is 12.7. The van der Waals surface area contributed by atoms with Crippen LogP contribution in [0.5, 0.6) is 5.75 Å². The molecule has 0 aliphatic carbocycles. The first-order valence-electron chi connectivity index (χ1n) is 8.14. The topological polar surface area (TPSA) is 76.1 Å². The van der Waals surface area contributed by atoms with Crippen molar-refractivity contribution in [2.24, 2.45) is 0 Å². The molecule has 0 spiro atoms. The van der Waals surface area contributed by atoms with Crippen LogP contribution in [0, 0.1) is 5.82 Å². The number of morpholine rings is 1. The molecule has 0 radical (unpaired) electrons. The highest BCUT2D eigenvalue weighted by molar-refractivity contribution is 5.97. The molecule has 136 valence electrons. The summed E-state index contributed by atoms with van der Waals surface area (Å²) in [7, 11) is 0. The lowest BCUT2D eigenvalue weighted by Gasteiger charge is -2.31. The lowest BCUT2D eigenvalue weighted by molar-refractivity contribution is -0.154. The number of carbonyl (C=O) groups is 2. The molecule has 1 N–H and O–H groups in total. The quantitative estimate of drug-likeness (QED) is 0.887. The van der Waals surface area contributed by atoms with Crippen LogP contribution in [0.1, 0.15) is 15.9 Å². The summed E-state index contributed by atoms with van der Waals surface area (Å²) in [5.74, 6) is -1.34. The van der Waals surface area contributed by atoms with Gasteiger partial charge in [-0.05, 0) is 29.8 Å². The number of rotatable bonds is 5. The Morgan fingerprint density at radius 3 is 2.65 bits per heavy atom. The molecule has 7 heteroatoms. The zero-order valence-corrected chi connectivity index (χ0v) is 13.9. The summed E-state index contributed by atoms with van der Waals surface area (Å²) < 4.78 is 23.8. The molecule has 0 saturated carbocycles. The normalized spacial score (nSPS) is 17.0. The summed E-state index contributed by atoms with van der Waals surface area (Å²) in [6.45, 7) is 0.655. The number of carbonyl (C=O) groups excluding carboxylic acids is 1. The van der Waals surface area contributed by atoms with Crippen molar-refractivity contribution < 1.29 is 28.6 Å². The molecule has 2 aromatic rings. The van der Waals surface area contributed by atoms with Gasteiger partial charge in [0.1, 0.15) is 18.2 Å². The molecule has 0 aromatic heterocycles. The van der Waals surface area contributed by atoms with Gasteiger partial charge in [0.05, 0.1) is 18.7 Å². The number of benzene rings is 2. The Labute approximate surface area is 149 Å². The summed E-state index contributed by atoms with van der Waals surface area (Å²) in [5.41, 5.74) is 1.12. The minimum Gasteiger partial charge on any atom is -0.488 e. The molecule has 1 heterocycles. The SMILES string of the molecule is O=C(O)[C@H]1CN(C(=O)c2ccccc2OCc2ccc(F)cc2)CCO1. The van der Waals surface area contributed by atoms with E-state index in [1.807, 2.05) is 0 Å². The van der Waals surface area contributed by atoms with Crippen molar-refractivity contribution >= 4 is 11.9 Å². The van der Waals surface area contributed by atoms with Gasteiger partial charge in [-0.2, -0.15) is 0 Å². The largest absolute Gasteiger partial charge is 0.488 e.